The van der Waals surface area contributed by atoms with Crippen molar-refractivity contribution in [2.24, 2.45) is 0 Å². The molecule has 1 amide bonds. The van der Waals surface area contributed by atoms with Gasteiger partial charge in [0.25, 0.3) is 0 Å². The van der Waals surface area contributed by atoms with Gasteiger partial charge in [-0.15, -0.1) is 0 Å². The number of aromatic nitrogens is 1. The van der Waals surface area contributed by atoms with Gasteiger partial charge < -0.3 is 19.2 Å². The van der Waals surface area contributed by atoms with Crippen molar-refractivity contribution < 1.29 is 18.7 Å². The molecule has 6 nitrogen and oxygen atoms in total. The molecule has 0 fully saturated rings. The highest BCUT2D eigenvalue weighted by Crippen LogP contribution is 2.25. The zero-order valence-electron chi connectivity index (χ0n) is 20.3. The first kappa shape index (κ1) is 23.9. The predicted octanol–water partition coefficient (Wildman–Crippen LogP) is 5.99. The topological polar surface area (TPSA) is 73.6 Å². The Morgan fingerprint density at radius 1 is 1.06 bits per heavy atom. The maximum atomic E-state index is 12.4. The van der Waals surface area contributed by atoms with E-state index in [-0.39, 0.29) is 0 Å². The number of methoxy groups -OCH3 is 1. The molecule has 1 N–H and O–H groups in total. The molecule has 0 aliphatic carbocycles. The molecule has 4 aromatic rings. The van der Waals surface area contributed by atoms with Crippen LogP contribution in [-0.2, 0) is 11.2 Å². The molecule has 1 atom stereocenters. The van der Waals surface area contributed by atoms with Crippen molar-refractivity contribution in [2.45, 2.75) is 38.8 Å². The molecule has 0 unspecified atom stereocenters. The fourth-order valence-electron chi connectivity index (χ4n) is 3.54. The molecule has 2 heterocycles. The van der Waals surface area contributed by atoms with Gasteiger partial charge in [-0.05, 0) is 74.0 Å². The van der Waals surface area contributed by atoms with Gasteiger partial charge in [-0.1, -0.05) is 30.2 Å². The Balaban J connectivity index is 1.54. The summed E-state index contributed by atoms with van der Waals surface area (Å²) in [6.45, 7) is 5.47. The number of benzene rings is 2. The van der Waals surface area contributed by atoms with Crippen molar-refractivity contribution in [3.05, 3.63) is 84.4 Å². The number of carbonyl (C=O) groups excluding carboxylic acids is 1. The minimum absolute atomic E-state index is 0.472. The molecule has 35 heavy (non-hydrogen) atoms. The van der Waals surface area contributed by atoms with Crippen molar-refractivity contribution in [1.29, 1.82) is 0 Å². The van der Waals surface area contributed by atoms with Crippen LogP contribution in [0.25, 0.3) is 22.1 Å². The summed E-state index contributed by atoms with van der Waals surface area (Å²) in [5.74, 6) is 8.19. The van der Waals surface area contributed by atoms with Crippen LogP contribution in [0.1, 0.15) is 32.1 Å². The molecule has 2 aromatic carbocycles. The summed E-state index contributed by atoms with van der Waals surface area (Å²) >= 11 is 0. The van der Waals surface area contributed by atoms with Crippen LogP contribution in [-0.4, -0.2) is 29.8 Å². The van der Waals surface area contributed by atoms with E-state index in [9.17, 15) is 4.79 Å². The Hall–Kier alpha value is -4.24. The number of carbonyl (C=O) groups is 1. The van der Waals surface area contributed by atoms with Crippen LogP contribution in [0.3, 0.4) is 0 Å². The van der Waals surface area contributed by atoms with Crippen LogP contribution >= 0.6 is 0 Å². The second-order valence-electron chi connectivity index (χ2n) is 9.12. The number of alkyl carbamates (subject to hydrolysis) is 1. The van der Waals surface area contributed by atoms with Crippen molar-refractivity contribution >= 4 is 16.9 Å². The SMILES string of the molecule is COc1ccc(C[C@@H](C#Cc2ccc(-c3ccc4cnccc4c3)o2)NC(=O)OC(C)(C)C)cc1. The molecule has 0 saturated heterocycles. The monoisotopic (exact) mass is 468 g/mol. The van der Waals surface area contributed by atoms with Gasteiger partial charge >= 0.3 is 6.09 Å². The summed E-state index contributed by atoms with van der Waals surface area (Å²) in [4.78, 5) is 16.6. The fraction of sp³-hybridized carbons (Fsp3) is 0.241. The van der Waals surface area contributed by atoms with Gasteiger partial charge in [0.15, 0.2) is 5.76 Å². The lowest BCUT2D eigenvalue weighted by Crippen LogP contribution is -2.39. The molecule has 6 heteroatoms. The molecule has 0 spiro atoms. The van der Waals surface area contributed by atoms with Crippen molar-refractivity contribution in [3.8, 4) is 28.9 Å². The molecular weight excluding hydrogens is 440 g/mol. The molecule has 4 rings (SSSR count). The van der Waals surface area contributed by atoms with Gasteiger partial charge in [-0.25, -0.2) is 4.79 Å². The third-order valence-electron chi connectivity index (χ3n) is 5.19. The standard InChI is InChI=1S/C29H28N2O4/c1-29(2,3)35-28(32)31-24(17-20-5-10-25(33-4)11-6-20)9-12-26-13-14-27(34-26)22-7-8-23-19-30-16-15-21(23)18-22/h5-8,10-11,13-16,18-19,24H,17H2,1-4H3,(H,31,32)/t24-/m1/s1. The average Bonchev–Trinajstić information content (AvgIpc) is 3.30. The van der Waals surface area contributed by atoms with Gasteiger partial charge in [0.1, 0.15) is 17.1 Å². The third-order valence-corrected chi connectivity index (χ3v) is 5.19. The van der Waals surface area contributed by atoms with E-state index >= 15 is 0 Å². The van der Waals surface area contributed by atoms with E-state index < -0.39 is 17.7 Å². The van der Waals surface area contributed by atoms with Crippen molar-refractivity contribution in [2.75, 3.05) is 7.11 Å². The highest BCUT2D eigenvalue weighted by Gasteiger charge is 2.19. The molecular formula is C29H28N2O4. The lowest BCUT2D eigenvalue weighted by molar-refractivity contribution is 0.0516. The number of hydrogen-bond donors (Lipinski definition) is 1. The first-order valence-electron chi connectivity index (χ1n) is 11.4. The van der Waals surface area contributed by atoms with E-state index in [4.69, 9.17) is 13.9 Å². The van der Waals surface area contributed by atoms with E-state index in [2.05, 4.69) is 28.2 Å². The van der Waals surface area contributed by atoms with Crippen LogP contribution < -0.4 is 10.1 Å². The van der Waals surface area contributed by atoms with E-state index in [0.29, 0.717) is 12.2 Å². The van der Waals surface area contributed by atoms with Crippen LogP contribution in [0.15, 0.2) is 77.5 Å². The van der Waals surface area contributed by atoms with E-state index in [1.807, 2.05) is 81.6 Å². The van der Waals surface area contributed by atoms with Crippen molar-refractivity contribution in [1.82, 2.24) is 10.3 Å². The number of nitrogens with zero attached hydrogens (tertiary/aromatic N) is 1. The lowest BCUT2D eigenvalue weighted by Gasteiger charge is -2.21. The van der Waals surface area contributed by atoms with Crippen LogP contribution in [0, 0.1) is 11.8 Å². The summed E-state index contributed by atoms with van der Waals surface area (Å²) in [7, 11) is 1.63. The third kappa shape index (κ3) is 6.64. The Bertz CT molecular complexity index is 1370. The summed E-state index contributed by atoms with van der Waals surface area (Å²) < 4.78 is 16.6. The van der Waals surface area contributed by atoms with Crippen LogP contribution in [0.5, 0.6) is 5.75 Å². The second kappa shape index (κ2) is 10.4. The quantitative estimate of drug-likeness (QED) is 0.364. The molecule has 2 aromatic heterocycles. The fourth-order valence-corrected chi connectivity index (χ4v) is 3.54. The minimum Gasteiger partial charge on any atom is -0.497 e. The Morgan fingerprint density at radius 2 is 1.86 bits per heavy atom. The van der Waals surface area contributed by atoms with E-state index in [1.54, 1.807) is 13.3 Å². The first-order chi connectivity index (χ1) is 16.8. The molecule has 178 valence electrons. The highest BCUT2D eigenvalue weighted by molar-refractivity contribution is 5.85. The number of furan rings is 1. The Kier molecular flexibility index (Phi) is 7.07. The molecule has 0 saturated carbocycles. The lowest BCUT2D eigenvalue weighted by atomic mass is 10.1. The minimum atomic E-state index is -0.603. The summed E-state index contributed by atoms with van der Waals surface area (Å²) in [6, 6.07) is 18.9. The zero-order chi connectivity index (χ0) is 24.8. The Morgan fingerprint density at radius 3 is 2.60 bits per heavy atom. The normalized spacial score (nSPS) is 11.9. The zero-order valence-corrected chi connectivity index (χ0v) is 20.3. The van der Waals surface area contributed by atoms with Crippen molar-refractivity contribution in [3.63, 3.8) is 0 Å². The van der Waals surface area contributed by atoms with Gasteiger partial charge in [0, 0.05) is 29.8 Å². The summed E-state index contributed by atoms with van der Waals surface area (Å²) in [5, 5.41) is 5.02. The number of rotatable bonds is 5. The number of nitrogens with one attached hydrogen (secondary N) is 1. The number of hydrogen-bond acceptors (Lipinski definition) is 5. The molecule has 0 radical (unpaired) electrons. The maximum absolute atomic E-state index is 12.4. The summed E-state index contributed by atoms with van der Waals surface area (Å²) in [6.07, 6.45) is 3.59. The van der Waals surface area contributed by atoms with Crippen LogP contribution in [0.4, 0.5) is 4.79 Å². The van der Waals surface area contributed by atoms with Gasteiger partial charge in [0.2, 0.25) is 0 Å². The number of ether oxygens (including phenoxy) is 2. The van der Waals surface area contributed by atoms with E-state index in [0.717, 1.165) is 33.4 Å². The molecule has 0 bridgehead atoms. The highest BCUT2D eigenvalue weighted by atomic mass is 16.6. The number of amides is 1. The predicted molar refractivity (Wildman–Crippen MR) is 136 cm³/mol. The average molecular weight is 469 g/mol. The molecule has 0 aliphatic rings. The number of pyridine rings is 1. The van der Waals surface area contributed by atoms with Crippen LogP contribution in [0.2, 0.25) is 0 Å². The largest absolute Gasteiger partial charge is 0.497 e. The molecule has 0 aliphatic heterocycles. The first-order valence-corrected chi connectivity index (χ1v) is 11.4. The smallest absolute Gasteiger partial charge is 0.408 e. The van der Waals surface area contributed by atoms with Gasteiger partial charge in [-0.3, -0.25) is 4.98 Å². The maximum Gasteiger partial charge on any atom is 0.408 e. The number of fused-ring (bicyclic) bond motifs is 1. The van der Waals surface area contributed by atoms with Gasteiger partial charge in [0.05, 0.1) is 13.2 Å². The Labute approximate surface area is 205 Å². The van der Waals surface area contributed by atoms with Gasteiger partial charge in [-0.2, -0.15) is 0 Å². The van der Waals surface area contributed by atoms with E-state index in [1.165, 1.54) is 0 Å². The second-order valence-corrected chi connectivity index (χ2v) is 9.12. The summed E-state index contributed by atoms with van der Waals surface area (Å²) in [5.41, 5.74) is 1.36.